The van der Waals surface area contributed by atoms with Crippen molar-refractivity contribution in [3.8, 4) is 0 Å². The largest absolute Gasteiger partial charge is 0.444 e. The van der Waals surface area contributed by atoms with E-state index in [1.165, 1.54) is 34.1 Å². The summed E-state index contributed by atoms with van der Waals surface area (Å²) in [4.78, 5) is 44.2. The van der Waals surface area contributed by atoms with Crippen molar-refractivity contribution in [3.05, 3.63) is 69.6 Å². The minimum absolute atomic E-state index is 0.151. The lowest BCUT2D eigenvalue weighted by Gasteiger charge is -2.32. The van der Waals surface area contributed by atoms with Crippen LogP contribution in [0.5, 0.6) is 0 Å². The van der Waals surface area contributed by atoms with Crippen LogP contribution in [0.2, 0.25) is 5.02 Å². The zero-order valence-corrected chi connectivity index (χ0v) is 23.1. The number of pyridine rings is 1. The van der Waals surface area contributed by atoms with E-state index in [9.17, 15) is 27.6 Å². The summed E-state index contributed by atoms with van der Waals surface area (Å²) in [7, 11) is 0. The Hall–Kier alpha value is -3.93. The van der Waals surface area contributed by atoms with Crippen LogP contribution in [0.1, 0.15) is 71.3 Å². The number of aryl methyl sites for hydroxylation is 1. The van der Waals surface area contributed by atoms with Crippen LogP contribution in [0.15, 0.2) is 36.7 Å². The molecule has 9 nitrogen and oxygen atoms in total. The molecule has 0 unspecified atom stereocenters. The number of halogens is 4. The van der Waals surface area contributed by atoms with Gasteiger partial charge in [0, 0.05) is 36.0 Å². The summed E-state index contributed by atoms with van der Waals surface area (Å²) < 4.78 is 46.2. The van der Waals surface area contributed by atoms with Crippen molar-refractivity contribution in [1.82, 2.24) is 14.8 Å². The van der Waals surface area contributed by atoms with Gasteiger partial charge in [0.1, 0.15) is 17.1 Å². The van der Waals surface area contributed by atoms with Gasteiger partial charge in [-0.05, 0) is 64.4 Å². The zero-order chi connectivity index (χ0) is 29.6. The lowest BCUT2D eigenvalue weighted by molar-refractivity contribution is -0.137. The second-order valence-corrected chi connectivity index (χ2v) is 10.9. The van der Waals surface area contributed by atoms with Crippen LogP contribution in [0, 0.1) is 6.92 Å². The van der Waals surface area contributed by atoms with Gasteiger partial charge in [-0.15, -0.1) is 0 Å². The molecule has 1 atom stereocenters. The standard InChI is InChI=1S/C27H27ClF3N5O4/c1-14-8-22(34-25(39)40-26(3,4)5)32-12-18(14)21(37)9-16-11-33-36-15(2)13-35(24(38)23(16)36)17-6-7-19(20(28)10-17)27(29,30)31/h6-8,10-12,15H,9,13H2,1-5H3,(H,32,34,39)/t15-/m0/s1. The fourth-order valence-corrected chi connectivity index (χ4v) is 4.65. The van der Waals surface area contributed by atoms with E-state index in [2.05, 4.69) is 15.4 Å². The van der Waals surface area contributed by atoms with Crippen molar-refractivity contribution in [3.63, 3.8) is 0 Å². The van der Waals surface area contributed by atoms with Gasteiger partial charge in [-0.1, -0.05) is 11.6 Å². The summed E-state index contributed by atoms with van der Waals surface area (Å²) in [6.07, 6.45) is -2.71. The van der Waals surface area contributed by atoms with Gasteiger partial charge in [-0.3, -0.25) is 19.6 Å². The number of nitrogens with one attached hydrogen (secondary N) is 1. The highest BCUT2D eigenvalue weighted by atomic mass is 35.5. The number of rotatable bonds is 5. The Bertz CT molecular complexity index is 1500. The van der Waals surface area contributed by atoms with E-state index in [-0.39, 0.29) is 47.6 Å². The van der Waals surface area contributed by atoms with Crippen LogP contribution in [-0.2, 0) is 17.3 Å². The first-order chi connectivity index (χ1) is 18.5. The van der Waals surface area contributed by atoms with Gasteiger partial charge in [0.2, 0.25) is 0 Å². The Morgan fingerprint density at radius 2 is 1.88 bits per heavy atom. The van der Waals surface area contributed by atoms with E-state index < -0.39 is 34.4 Å². The summed E-state index contributed by atoms with van der Waals surface area (Å²) in [5, 5.41) is 6.29. The number of anilines is 2. The Balaban J connectivity index is 1.55. The monoisotopic (exact) mass is 577 g/mol. The number of fused-ring (bicyclic) bond motifs is 1. The predicted octanol–water partition coefficient (Wildman–Crippen LogP) is 6.25. The van der Waals surface area contributed by atoms with Crippen molar-refractivity contribution >= 4 is 40.9 Å². The predicted molar refractivity (Wildman–Crippen MR) is 142 cm³/mol. The molecule has 0 fully saturated rings. The van der Waals surface area contributed by atoms with Crippen molar-refractivity contribution < 1.29 is 32.3 Å². The Morgan fingerprint density at radius 3 is 2.48 bits per heavy atom. The van der Waals surface area contributed by atoms with E-state index >= 15 is 0 Å². The number of benzene rings is 1. The number of hydrogen-bond acceptors (Lipinski definition) is 6. The maximum atomic E-state index is 13.5. The number of aromatic nitrogens is 3. The molecule has 0 saturated heterocycles. The highest BCUT2D eigenvalue weighted by Gasteiger charge is 2.36. The number of alkyl halides is 3. The molecule has 2 aromatic heterocycles. The number of nitrogens with zero attached hydrogens (tertiary/aromatic N) is 4. The van der Waals surface area contributed by atoms with Crippen molar-refractivity contribution in [1.29, 1.82) is 0 Å². The lowest BCUT2D eigenvalue weighted by atomic mass is 10.00. The molecule has 0 bridgehead atoms. The third-order valence-electron chi connectivity index (χ3n) is 6.14. The number of carbonyl (C=O) groups is 3. The third kappa shape index (κ3) is 6.11. The molecule has 40 heavy (non-hydrogen) atoms. The second-order valence-electron chi connectivity index (χ2n) is 10.5. The number of ether oxygens (including phenoxy) is 1. The third-order valence-corrected chi connectivity index (χ3v) is 6.46. The van der Waals surface area contributed by atoms with Gasteiger partial charge < -0.3 is 9.64 Å². The molecule has 0 saturated carbocycles. The average Bonchev–Trinajstić information content (AvgIpc) is 3.23. The van der Waals surface area contributed by atoms with Gasteiger partial charge in [-0.2, -0.15) is 18.3 Å². The number of amides is 2. The van der Waals surface area contributed by atoms with Crippen LogP contribution in [0.4, 0.5) is 29.5 Å². The van der Waals surface area contributed by atoms with E-state index in [0.717, 1.165) is 12.1 Å². The molecule has 3 aromatic rings. The van der Waals surface area contributed by atoms with Crippen molar-refractivity contribution in [2.24, 2.45) is 0 Å². The van der Waals surface area contributed by atoms with Crippen molar-refractivity contribution in [2.75, 3.05) is 16.8 Å². The van der Waals surface area contributed by atoms with Crippen LogP contribution >= 0.6 is 11.6 Å². The summed E-state index contributed by atoms with van der Waals surface area (Å²) in [6.45, 7) is 8.82. The lowest BCUT2D eigenvalue weighted by Crippen LogP contribution is -2.43. The molecule has 2 amide bonds. The van der Waals surface area contributed by atoms with Crippen LogP contribution in [-0.4, -0.2) is 44.7 Å². The maximum Gasteiger partial charge on any atom is 0.417 e. The Kier molecular flexibility index (Phi) is 7.68. The topological polar surface area (TPSA) is 106 Å². The van der Waals surface area contributed by atoms with E-state index in [1.807, 2.05) is 0 Å². The first kappa shape index (κ1) is 29.1. The molecule has 0 aliphatic carbocycles. The Labute approximate surface area is 233 Å². The average molecular weight is 578 g/mol. The highest BCUT2D eigenvalue weighted by molar-refractivity contribution is 6.31. The van der Waals surface area contributed by atoms with Crippen LogP contribution < -0.4 is 10.2 Å². The molecule has 1 aliphatic heterocycles. The summed E-state index contributed by atoms with van der Waals surface area (Å²) in [6, 6.07) is 4.35. The van der Waals surface area contributed by atoms with E-state index in [1.54, 1.807) is 34.6 Å². The quantitative estimate of drug-likeness (QED) is 0.359. The number of carbonyl (C=O) groups excluding carboxylic acids is 3. The summed E-state index contributed by atoms with van der Waals surface area (Å²) in [5.41, 5.74) is -0.124. The normalized spacial score (nSPS) is 15.6. The van der Waals surface area contributed by atoms with Crippen LogP contribution in [0.3, 0.4) is 0 Å². The van der Waals surface area contributed by atoms with Gasteiger partial charge in [0.25, 0.3) is 5.91 Å². The highest BCUT2D eigenvalue weighted by Crippen LogP contribution is 2.38. The number of hydrogen-bond donors (Lipinski definition) is 1. The fourth-order valence-electron chi connectivity index (χ4n) is 4.37. The molecule has 212 valence electrons. The molecule has 0 spiro atoms. The van der Waals surface area contributed by atoms with Crippen molar-refractivity contribution in [2.45, 2.75) is 58.9 Å². The number of ketones is 1. The first-order valence-corrected chi connectivity index (χ1v) is 12.7. The maximum absolute atomic E-state index is 13.5. The first-order valence-electron chi connectivity index (χ1n) is 12.3. The molecular formula is C27H27ClF3N5O4. The molecule has 0 radical (unpaired) electrons. The fraction of sp³-hybridized carbons (Fsp3) is 0.370. The van der Waals surface area contributed by atoms with Gasteiger partial charge in [0.15, 0.2) is 5.78 Å². The summed E-state index contributed by atoms with van der Waals surface area (Å²) >= 11 is 5.89. The summed E-state index contributed by atoms with van der Waals surface area (Å²) in [5.74, 6) is -0.637. The minimum Gasteiger partial charge on any atom is -0.444 e. The van der Waals surface area contributed by atoms with Gasteiger partial charge >= 0.3 is 12.3 Å². The molecular weight excluding hydrogens is 551 g/mol. The van der Waals surface area contributed by atoms with E-state index in [4.69, 9.17) is 16.3 Å². The zero-order valence-electron chi connectivity index (χ0n) is 22.4. The van der Waals surface area contributed by atoms with Gasteiger partial charge in [0.05, 0.1) is 22.8 Å². The smallest absolute Gasteiger partial charge is 0.417 e. The SMILES string of the molecule is Cc1cc(NC(=O)OC(C)(C)C)ncc1C(=O)Cc1cnn2c1C(=O)N(c1ccc(C(F)(F)F)c(Cl)c1)C[C@@H]2C. The number of Topliss-reactive ketones (excluding diaryl/α,β-unsaturated/α-hetero) is 1. The molecule has 1 aliphatic rings. The molecule has 1 aromatic carbocycles. The minimum atomic E-state index is -4.63. The van der Waals surface area contributed by atoms with E-state index in [0.29, 0.717) is 11.1 Å². The van der Waals surface area contributed by atoms with Crippen LogP contribution in [0.25, 0.3) is 0 Å². The molecule has 13 heteroatoms. The Morgan fingerprint density at radius 1 is 1.18 bits per heavy atom. The van der Waals surface area contributed by atoms with Gasteiger partial charge in [-0.25, -0.2) is 9.78 Å². The molecule has 1 N–H and O–H groups in total. The molecule has 3 heterocycles. The molecule has 4 rings (SSSR count). The second kappa shape index (κ2) is 10.6.